The highest BCUT2D eigenvalue weighted by atomic mass is 32.1. The first-order chi connectivity index (χ1) is 11.1. The number of ether oxygens (including phenoxy) is 1. The van der Waals surface area contributed by atoms with E-state index in [4.69, 9.17) is 10.5 Å². The molecule has 3 rings (SSSR count). The van der Waals surface area contributed by atoms with Gasteiger partial charge in [-0.3, -0.25) is 14.3 Å². The van der Waals surface area contributed by atoms with Crippen molar-refractivity contribution in [2.24, 2.45) is 5.73 Å². The van der Waals surface area contributed by atoms with Gasteiger partial charge in [0.1, 0.15) is 6.10 Å². The number of thiophene rings is 1. The first kappa shape index (κ1) is 15.7. The number of nitrogens with zero attached hydrogens (tertiary/aromatic N) is 2. The van der Waals surface area contributed by atoms with Gasteiger partial charge in [-0.05, 0) is 23.4 Å². The Labute approximate surface area is 137 Å². The third-order valence-electron chi connectivity index (χ3n) is 3.63. The van der Waals surface area contributed by atoms with Gasteiger partial charge in [0, 0.05) is 30.1 Å². The number of amides is 2. The van der Waals surface area contributed by atoms with Crippen molar-refractivity contribution >= 4 is 29.0 Å². The molecule has 0 unspecified atom stereocenters. The summed E-state index contributed by atoms with van der Waals surface area (Å²) in [6, 6.07) is 3.78. The molecule has 7 nitrogen and oxygen atoms in total. The van der Waals surface area contributed by atoms with Crippen molar-refractivity contribution in [1.29, 1.82) is 0 Å². The van der Waals surface area contributed by atoms with E-state index in [0.29, 0.717) is 19.0 Å². The van der Waals surface area contributed by atoms with Crippen molar-refractivity contribution in [2.75, 3.05) is 11.9 Å². The molecule has 0 saturated heterocycles. The second-order valence-corrected chi connectivity index (χ2v) is 6.30. The fourth-order valence-electron chi connectivity index (χ4n) is 2.51. The minimum absolute atomic E-state index is 0.142. The maximum Gasteiger partial charge on any atom is 0.228 e. The number of rotatable bonds is 6. The van der Waals surface area contributed by atoms with E-state index < -0.39 is 0 Å². The lowest BCUT2D eigenvalue weighted by Gasteiger charge is -2.22. The summed E-state index contributed by atoms with van der Waals surface area (Å²) in [5, 5.41) is 8.98. The van der Waals surface area contributed by atoms with Gasteiger partial charge < -0.3 is 15.8 Å². The van der Waals surface area contributed by atoms with E-state index >= 15 is 0 Å². The molecule has 2 aromatic heterocycles. The molecular formula is C15H18N4O3S. The number of carbonyl (C=O) groups excluding carboxylic acids is 2. The zero-order valence-electron chi connectivity index (χ0n) is 12.5. The van der Waals surface area contributed by atoms with Crippen LogP contribution in [0.1, 0.15) is 29.4 Å². The highest BCUT2D eigenvalue weighted by Gasteiger charge is 2.24. The maximum absolute atomic E-state index is 12.2. The minimum atomic E-state index is -0.382. The highest BCUT2D eigenvalue weighted by molar-refractivity contribution is 7.10. The molecule has 0 aliphatic carbocycles. The summed E-state index contributed by atoms with van der Waals surface area (Å²) < 4.78 is 7.29. The van der Waals surface area contributed by atoms with Gasteiger partial charge >= 0.3 is 0 Å². The number of fused-ring (bicyclic) bond motifs is 1. The van der Waals surface area contributed by atoms with Crippen LogP contribution in [-0.2, 0) is 27.3 Å². The van der Waals surface area contributed by atoms with E-state index in [0.717, 1.165) is 11.3 Å². The van der Waals surface area contributed by atoms with Gasteiger partial charge in [-0.1, -0.05) is 0 Å². The molecule has 2 amide bonds. The van der Waals surface area contributed by atoms with E-state index in [2.05, 4.69) is 16.5 Å². The standard InChI is InChI=1S/C15H18N4O3S/c16-12(20)1-5-19-6-2-13(18-19)17-14(21)9-11-15-10(3-7-22-11)4-8-23-15/h2,4,6,8,11H,1,3,5,7,9H2,(H2,16,20)(H,17,18,21)/t11-/m1/s1. The van der Waals surface area contributed by atoms with Gasteiger partial charge in [-0.25, -0.2) is 0 Å². The summed E-state index contributed by atoms with van der Waals surface area (Å²) in [5.74, 6) is -0.0645. The summed E-state index contributed by atoms with van der Waals surface area (Å²) in [4.78, 5) is 24.1. The number of carbonyl (C=O) groups is 2. The Morgan fingerprint density at radius 3 is 3.17 bits per heavy atom. The Balaban J connectivity index is 1.55. The zero-order chi connectivity index (χ0) is 16.2. The van der Waals surface area contributed by atoms with Gasteiger partial charge in [-0.15, -0.1) is 11.3 Å². The first-order valence-corrected chi connectivity index (χ1v) is 8.29. The molecule has 1 aliphatic rings. The van der Waals surface area contributed by atoms with E-state index in [1.165, 1.54) is 5.56 Å². The molecule has 0 aromatic carbocycles. The Bertz CT molecular complexity index is 709. The number of hydrogen-bond acceptors (Lipinski definition) is 5. The molecule has 2 aromatic rings. The predicted molar refractivity (Wildman–Crippen MR) is 86.0 cm³/mol. The number of aromatic nitrogens is 2. The van der Waals surface area contributed by atoms with E-state index in [1.54, 1.807) is 28.3 Å². The summed E-state index contributed by atoms with van der Waals surface area (Å²) in [5.41, 5.74) is 6.37. The summed E-state index contributed by atoms with van der Waals surface area (Å²) in [7, 11) is 0. The van der Waals surface area contributed by atoms with Crippen molar-refractivity contribution in [3.05, 3.63) is 34.2 Å². The second kappa shape index (κ2) is 6.93. The van der Waals surface area contributed by atoms with Crippen molar-refractivity contribution in [2.45, 2.75) is 31.9 Å². The van der Waals surface area contributed by atoms with Crippen LogP contribution >= 0.6 is 11.3 Å². The average Bonchev–Trinajstić information content (AvgIpc) is 3.14. The number of anilines is 1. The lowest BCUT2D eigenvalue weighted by molar-refractivity contribution is -0.119. The van der Waals surface area contributed by atoms with Crippen molar-refractivity contribution in [3.8, 4) is 0 Å². The van der Waals surface area contributed by atoms with Crippen molar-refractivity contribution in [3.63, 3.8) is 0 Å². The molecule has 8 heteroatoms. The molecule has 3 heterocycles. The van der Waals surface area contributed by atoms with Crippen LogP contribution in [0.25, 0.3) is 0 Å². The van der Waals surface area contributed by atoms with Gasteiger partial charge in [0.05, 0.1) is 13.0 Å². The predicted octanol–water partition coefficient (Wildman–Crippen LogP) is 1.46. The largest absolute Gasteiger partial charge is 0.372 e. The maximum atomic E-state index is 12.2. The molecule has 122 valence electrons. The fourth-order valence-corrected chi connectivity index (χ4v) is 3.52. The van der Waals surface area contributed by atoms with E-state index in [-0.39, 0.29) is 30.8 Å². The minimum Gasteiger partial charge on any atom is -0.372 e. The monoisotopic (exact) mass is 334 g/mol. The Morgan fingerprint density at radius 2 is 2.35 bits per heavy atom. The first-order valence-electron chi connectivity index (χ1n) is 7.41. The van der Waals surface area contributed by atoms with Crippen molar-refractivity contribution in [1.82, 2.24) is 9.78 Å². The van der Waals surface area contributed by atoms with Gasteiger partial charge in [0.25, 0.3) is 0 Å². The van der Waals surface area contributed by atoms with Crippen LogP contribution in [0.2, 0.25) is 0 Å². The van der Waals surface area contributed by atoms with Crippen LogP contribution in [0.4, 0.5) is 5.82 Å². The molecule has 1 atom stereocenters. The normalized spacial score (nSPS) is 16.8. The number of primary amides is 1. The lowest BCUT2D eigenvalue weighted by Crippen LogP contribution is -2.21. The second-order valence-electron chi connectivity index (χ2n) is 5.35. The Kier molecular flexibility index (Phi) is 4.73. The van der Waals surface area contributed by atoms with E-state index in [1.807, 2.05) is 5.38 Å². The fraction of sp³-hybridized carbons (Fsp3) is 0.400. The molecule has 0 saturated carbocycles. The number of nitrogens with two attached hydrogens (primary N) is 1. The van der Waals surface area contributed by atoms with Gasteiger partial charge in [0.2, 0.25) is 11.8 Å². The van der Waals surface area contributed by atoms with Crippen LogP contribution in [0.3, 0.4) is 0 Å². The third kappa shape index (κ3) is 3.96. The molecule has 1 aliphatic heterocycles. The smallest absolute Gasteiger partial charge is 0.228 e. The van der Waals surface area contributed by atoms with Crippen LogP contribution in [0.15, 0.2) is 23.7 Å². The van der Waals surface area contributed by atoms with Gasteiger partial charge in [0.15, 0.2) is 5.82 Å². The van der Waals surface area contributed by atoms with Crippen LogP contribution in [0, 0.1) is 0 Å². The number of nitrogens with one attached hydrogen (secondary N) is 1. The molecule has 23 heavy (non-hydrogen) atoms. The van der Waals surface area contributed by atoms with Crippen molar-refractivity contribution < 1.29 is 14.3 Å². The Hall–Kier alpha value is -2.19. The molecule has 0 spiro atoms. The summed E-state index contributed by atoms with van der Waals surface area (Å²) in [6.07, 6.45) is 2.90. The third-order valence-corrected chi connectivity index (χ3v) is 4.68. The van der Waals surface area contributed by atoms with E-state index in [9.17, 15) is 9.59 Å². The van der Waals surface area contributed by atoms with Crippen LogP contribution in [0.5, 0.6) is 0 Å². The summed E-state index contributed by atoms with van der Waals surface area (Å²) >= 11 is 1.63. The zero-order valence-corrected chi connectivity index (χ0v) is 13.3. The number of aryl methyl sites for hydroxylation is 1. The molecule has 0 radical (unpaired) electrons. The topological polar surface area (TPSA) is 99.2 Å². The molecule has 0 fully saturated rings. The van der Waals surface area contributed by atoms with Crippen LogP contribution < -0.4 is 11.1 Å². The Morgan fingerprint density at radius 1 is 1.48 bits per heavy atom. The molecule has 0 bridgehead atoms. The van der Waals surface area contributed by atoms with Crippen LogP contribution in [-0.4, -0.2) is 28.2 Å². The quantitative estimate of drug-likeness (QED) is 0.835. The average molecular weight is 334 g/mol. The van der Waals surface area contributed by atoms with Gasteiger partial charge in [-0.2, -0.15) is 5.10 Å². The summed E-state index contributed by atoms with van der Waals surface area (Å²) in [6.45, 7) is 1.04. The SMILES string of the molecule is NC(=O)CCn1ccc(NC(=O)C[C@H]2OCCc3ccsc32)n1. The number of hydrogen-bond donors (Lipinski definition) is 2. The lowest BCUT2D eigenvalue weighted by atomic mass is 10.1. The highest BCUT2D eigenvalue weighted by Crippen LogP contribution is 2.33. The molecule has 3 N–H and O–H groups in total. The molecular weight excluding hydrogens is 316 g/mol.